The molecule has 1 saturated heterocycles. The van der Waals surface area contributed by atoms with E-state index in [1.54, 1.807) is 0 Å². The highest BCUT2D eigenvalue weighted by Crippen LogP contribution is 2.12. The Morgan fingerprint density at radius 3 is 2.54 bits per heavy atom. The summed E-state index contributed by atoms with van der Waals surface area (Å²) in [6.45, 7) is 6.48. The molecule has 3 N–H and O–H groups in total. The van der Waals surface area contributed by atoms with Gasteiger partial charge >= 0.3 is 0 Å². The Morgan fingerprint density at radius 1 is 1.31 bits per heavy atom. The summed E-state index contributed by atoms with van der Waals surface area (Å²) in [5, 5.41) is 3.50. The molecule has 0 radical (unpaired) electrons. The second-order valence-corrected chi connectivity index (χ2v) is 3.75. The molecular weight excluding hydrogens is 162 g/mol. The zero-order chi connectivity index (χ0) is 9.52. The minimum absolute atomic E-state index is 0.523. The topological polar surface area (TPSA) is 41.3 Å². The molecule has 78 valence electrons. The first-order chi connectivity index (χ1) is 6.38. The van der Waals surface area contributed by atoms with Gasteiger partial charge in [0, 0.05) is 0 Å². The highest BCUT2D eigenvalue weighted by Gasteiger charge is 2.18. The Bertz CT molecular complexity index is 115. The quantitative estimate of drug-likeness (QED) is 0.664. The summed E-state index contributed by atoms with van der Waals surface area (Å²) in [6.07, 6.45) is 5.71. The van der Waals surface area contributed by atoms with Crippen LogP contribution < -0.4 is 11.1 Å². The van der Waals surface area contributed by atoms with E-state index in [9.17, 15) is 0 Å². The van der Waals surface area contributed by atoms with Crippen molar-refractivity contribution >= 4 is 0 Å². The molecule has 1 heterocycles. The number of hydrogen-bond acceptors (Lipinski definition) is 3. The molecule has 0 spiro atoms. The highest BCUT2D eigenvalue weighted by molar-refractivity contribution is 4.73. The van der Waals surface area contributed by atoms with Crippen molar-refractivity contribution in [3.63, 3.8) is 0 Å². The Kier molecular flexibility index (Phi) is 5.35. The maximum atomic E-state index is 5.60. The average molecular weight is 185 g/mol. The van der Waals surface area contributed by atoms with Crippen LogP contribution in [0.3, 0.4) is 0 Å². The van der Waals surface area contributed by atoms with Crippen LogP contribution in [0.4, 0.5) is 0 Å². The Morgan fingerprint density at radius 2 is 2.00 bits per heavy atom. The first kappa shape index (κ1) is 11.0. The predicted octanol–water partition coefficient (Wildman–Crippen LogP) is 0.757. The van der Waals surface area contributed by atoms with Crippen LogP contribution in [-0.4, -0.2) is 37.2 Å². The minimum Gasteiger partial charge on any atom is -0.330 e. The molecule has 0 aromatic carbocycles. The van der Waals surface area contributed by atoms with Gasteiger partial charge in [0.15, 0.2) is 0 Å². The molecule has 0 aromatic rings. The number of hydrogen-bond donors (Lipinski definition) is 2. The van der Waals surface area contributed by atoms with Gasteiger partial charge in [0.1, 0.15) is 0 Å². The van der Waals surface area contributed by atoms with E-state index in [0.717, 1.165) is 19.5 Å². The van der Waals surface area contributed by atoms with Crippen molar-refractivity contribution in [3.05, 3.63) is 0 Å². The van der Waals surface area contributed by atoms with Gasteiger partial charge in [0.25, 0.3) is 0 Å². The zero-order valence-electron chi connectivity index (χ0n) is 8.76. The molecule has 0 amide bonds. The third-order valence-electron chi connectivity index (χ3n) is 2.71. The summed E-state index contributed by atoms with van der Waals surface area (Å²) in [5.74, 6) is 0. The highest BCUT2D eigenvalue weighted by atomic mass is 15.3. The number of nitrogens with one attached hydrogen (secondary N) is 1. The molecule has 1 aliphatic rings. The van der Waals surface area contributed by atoms with Crippen LogP contribution in [0.2, 0.25) is 0 Å². The number of piperidine rings is 1. The Balaban J connectivity index is 2.32. The fourth-order valence-electron chi connectivity index (χ4n) is 2.04. The number of nitrogens with zero attached hydrogens (tertiary/aromatic N) is 1. The lowest BCUT2D eigenvalue weighted by Gasteiger charge is -2.34. The normalized spacial score (nSPS) is 21.7. The molecular formula is C10H23N3. The summed E-state index contributed by atoms with van der Waals surface area (Å²) >= 11 is 0. The summed E-state index contributed by atoms with van der Waals surface area (Å²) in [4.78, 5) is 2.54. The van der Waals surface area contributed by atoms with E-state index in [0.29, 0.717) is 6.17 Å². The van der Waals surface area contributed by atoms with Gasteiger partial charge in [0.2, 0.25) is 0 Å². The van der Waals surface area contributed by atoms with E-state index in [-0.39, 0.29) is 0 Å². The van der Waals surface area contributed by atoms with Gasteiger partial charge in [-0.15, -0.1) is 0 Å². The first-order valence-electron chi connectivity index (χ1n) is 5.56. The van der Waals surface area contributed by atoms with E-state index < -0.39 is 0 Å². The lowest BCUT2D eigenvalue weighted by atomic mass is 10.1. The Hall–Kier alpha value is -0.120. The van der Waals surface area contributed by atoms with Gasteiger partial charge in [-0.25, -0.2) is 0 Å². The molecule has 13 heavy (non-hydrogen) atoms. The molecule has 1 fully saturated rings. The van der Waals surface area contributed by atoms with Gasteiger partial charge in [-0.1, -0.05) is 13.3 Å². The van der Waals surface area contributed by atoms with E-state index in [2.05, 4.69) is 17.1 Å². The molecule has 1 aliphatic heterocycles. The van der Waals surface area contributed by atoms with E-state index in [1.165, 1.54) is 32.4 Å². The van der Waals surface area contributed by atoms with Crippen molar-refractivity contribution in [2.75, 3.05) is 26.2 Å². The molecule has 1 unspecified atom stereocenters. The van der Waals surface area contributed by atoms with Gasteiger partial charge in [-0.05, 0) is 45.4 Å². The summed E-state index contributed by atoms with van der Waals surface area (Å²) in [6, 6.07) is 0. The van der Waals surface area contributed by atoms with Crippen LogP contribution in [0.5, 0.6) is 0 Å². The SMILES string of the molecule is CCNC(CCN)N1CCCCC1. The Labute approximate surface area is 81.7 Å². The maximum Gasteiger partial charge on any atom is 0.0609 e. The second kappa shape index (κ2) is 6.35. The van der Waals surface area contributed by atoms with E-state index in [1.807, 2.05) is 0 Å². The summed E-state index contributed by atoms with van der Waals surface area (Å²) < 4.78 is 0. The molecule has 0 aliphatic carbocycles. The van der Waals surface area contributed by atoms with E-state index in [4.69, 9.17) is 5.73 Å². The zero-order valence-corrected chi connectivity index (χ0v) is 8.76. The summed E-state index contributed by atoms with van der Waals surface area (Å²) in [7, 11) is 0. The molecule has 0 saturated carbocycles. The van der Waals surface area contributed by atoms with Crippen LogP contribution in [0, 0.1) is 0 Å². The fourth-order valence-corrected chi connectivity index (χ4v) is 2.04. The van der Waals surface area contributed by atoms with Crippen LogP contribution in [0.1, 0.15) is 32.6 Å². The molecule has 0 bridgehead atoms. The largest absolute Gasteiger partial charge is 0.330 e. The lowest BCUT2D eigenvalue weighted by Crippen LogP contribution is -2.48. The van der Waals surface area contributed by atoms with Crippen LogP contribution in [0.15, 0.2) is 0 Å². The average Bonchev–Trinajstić information content (AvgIpc) is 2.19. The summed E-state index contributed by atoms with van der Waals surface area (Å²) in [5.41, 5.74) is 5.60. The minimum atomic E-state index is 0.523. The first-order valence-corrected chi connectivity index (χ1v) is 5.56. The van der Waals surface area contributed by atoms with Crippen molar-refractivity contribution in [3.8, 4) is 0 Å². The smallest absolute Gasteiger partial charge is 0.0609 e. The monoisotopic (exact) mass is 185 g/mol. The fraction of sp³-hybridized carbons (Fsp3) is 1.00. The van der Waals surface area contributed by atoms with Gasteiger partial charge < -0.3 is 11.1 Å². The molecule has 1 rings (SSSR count). The number of likely N-dealkylation sites (tertiary alicyclic amines) is 1. The van der Waals surface area contributed by atoms with Crippen LogP contribution in [0.25, 0.3) is 0 Å². The van der Waals surface area contributed by atoms with Gasteiger partial charge in [-0.2, -0.15) is 0 Å². The lowest BCUT2D eigenvalue weighted by molar-refractivity contribution is 0.132. The van der Waals surface area contributed by atoms with Gasteiger partial charge in [0.05, 0.1) is 6.17 Å². The van der Waals surface area contributed by atoms with Crippen molar-refractivity contribution in [1.29, 1.82) is 0 Å². The molecule has 0 aromatic heterocycles. The second-order valence-electron chi connectivity index (χ2n) is 3.75. The van der Waals surface area contributed by atoms with Crippen molar-refractivity contribution in [2.45, 2.75) is 38.8 Å². The predicted molar refractivity (Wildman–Crippen MR) is 56.6 cm³/mol. The molecule has 3 heteroatoms. The third kappa shape index (κ3) is 3.63. The van der Waals surface area contributed by atoms with Crippen LogP contribution >= 0.6 is 0 Å². The maximum absolute atomic E-state index is 5.60. The van der Waals surface area contributed by atoms with Crippen LogP contribution in [-0.2, 0) is 0 Å². The molecule has 3 nitrogen and oxygen atoms in total. The van der Waals surface area contributed by atoms with E-state index >= 15 is 0 Å². The molecule has 1 atom stereocenters. The van der Waals surface area contributed by atoms with Crippen molar-refractivity contribution in [2.24, 2.45) is 5.73 Å². The van der Waals surface area contributed by atoms with Gasteiger partial charge in [-0.3, -0.25) is 4.90 Å². The number of nitrogens with two attached hydrogens (primary N) is 1. The third-order valence-corrected chi connectivity index (χ3v) is 2.71. The number of rotatable bonds is 5. The van der Waals surface area contributed by atoms with Crippen molar-refractivity contribution < 1.29 is 0 Å². The standard InChI is InChI=1S/C10H23N3/c1-2-12-10(6-7-11)13-8-4-3-5-9-13/h10,12H,2-9,11H2,1H3. The van der Waals surface area contributed by atoms with Crippen molar-refractivity contribution in [1.82, 2.24) is 10.2 Å².